The highest BCUT2D eigenvalue weighted by molar-refractivity contribution is 6.78. The maximum Gasteiger partial charge on any atom is 0.0698 e. The number of rotatable bonds is 8. The molecule has 0 fully saturated rings. The number of hydrogen-bond acceptors (Lipinski definition) is 3. The summed E-state index contributed by atoms with van der Waals surface area (Å²) in [7, 11) is -1.42. The lowest BCUT2D eigenvalue weighted by molar-refractivity contribution is 0.737. The lowest BCUT2D eigenvalue weighted by atomic mass is 9.64. The van der Waals surface area contributed by atoms with Gasteiger partial charge in [-0.2, -0.15) is 0 Å². The van der Waals surface area contributed by atoms with Crippen LogP contribution in [0.3, 0.4) is 0 Å². The molecule has 6 N–H and O–H groups in total. The third-order valence-electron chi connectivity index (χ3n) is 7.06. The van der Waals surface area contributed by atoms with E-state index >= 15 is 0 Å². The second-order valence-corrected chi connectivity index (χ2v) is 15.7. The van der Waals surface area contributed by atoms with Gasteiger partial charge in [0.05, 0.1) is 13.5 Å². The molecule has 1 atom stereocenters. The van der Waals surface area contributed by atoms with Crippen molar-refractivity contribution in [3.63, 3.8) is 0 Å². The third-order valence-corrected chi connectivity index (χ3v) is 9.42. The number of allylic oxidation sites excluding steroid dienone is 4. The molecule has 0 bridgehead atoms. The molecule has 1 unspecified atom stereocenters. The van der Waals surface area contributed by atoms with Crippen LogP contribution in [0.4, 0.5) is 0 Å². The van der Waals surface area contributed by atoms with Crippen LogP contribution in [0.2, 0.25) is 25.2 Å². The second-order valence-electron chi connectivity index (χ2n) is 10.3. The van der Waals surface area contributed by atoms with E-state index in [-0.39, 0.29) is 0 Å². The van der Waals surface area contributed by atoms with Crippen molar-refractivity contribution in [1.82, 2.24) is 0 Å². The molecule has 34 heavy (non-hydrogen) atoms. The Morgan fingerprint density at radius 2 is 1.09 bits per heavy atom. The Kier molecular flexibility index (Phi) is 7.06. The predicted molar refractivity (Wildman–Crippen MR) is 147 cm³/mol. The van der Waals surface area contributed by atoms with Crippen molar-refractivity contribution in [1.29, 1.82) is 0 Å². The van der Waals surface area contributed by atoms with Crippen molar-refractivity contribution in [3.05, 3.63) is 130 Å². The van der Waals surface area contributed by atoms with Gasteiger partial charge in [0.2, 0.25) is 0 Å². The van der Waals surface area contributed by atoms with Gasteiger partial charge in [0.15, 0.2) is 0 Å². The van der Waals surface area contributed by atoms with E-state index in [2.05, 4.69) is 111 Å². The molecule has 3 nitrogen and oxygen atoms in total. The van der Waals surface area contributed by atoms with Crippen LogP contribution >= 0.6 is 0 Å². The molecule has 0 spiro atoms. The minimum Gasteiger partial charge on any atom is -0.326 e. The fourth-order valence-corrected chi connectivity index (χ4v) is 6.45. The highest BCUT2D eigenvalue weighted by Crippen LogP contribution is 2.50. The number of benzene rings is 3. The van der Waals surface area contributed by atoms with Crippen molar-refractivity contribution in [2.24, 2.45) is 17.2 Å². The quantitative estimate of drug-likeness (QED) is 0.298. The third kappa shape index (κ3) is 4.47. The van der Waals surface area contributed by atoms with E-state index < -0.39 is 13.5 Å². The van der Waals surface area contributed by atoms with Gasteiger partial charge in [0.1, 0.15) is 0 Å². The van der Waals surface area contributed by atoms with Crippen LogP contribution in [0.15, 0.2) is 96.6 Å². The summed E-state index contributed by atoms with van der Waals surface area (Å²) in [5.41, 5.74) is 26.6. The average molecular weight is 468 g/mol. The van der Waals surface area contributed by atoms with Crippen LogP contribution in [-0.2, 0) is 25.0 Å². The monoisotopic (exact) mass is 467 g/mol. The molecule has 0 saturated heterocycles. The van der Waals surface area contributed by atoms with Gasteiger partial charge < -0.3 is 17.2 Å². The van der Waals surface area contributed by atoms with Crippen LogP contribution in [0.1, 0.15) is 33.4 Å². The summed E-state index contributed by atoms with van der Waals surface area (Å²) in [6, 6.07) is 26.2. The lowest BCUT2D eigenvalue weighted by Crippen LogP contribution is -2.32. The van der Waals surface area contributed by atoms with Gasteiger partial charge in [-0.1, -0.05) is 111 Å². The van der Waals surface area contributed by atoms with Gasteiger partial charge in [0.25, 0.3) is 0 Å². The standard InChI is InChI=1S/C30H37N3Si/c1-34(2,3)29-14-13-28(18-29)30(25-10-4-7-22(15-25)19-31,26-11-5-8-23(16-26)20-32)27-12-6-9-24(17-27)21-33/h4-18,29H,19-21,31-33H2,1-3H3. The largest absolute Gasteiger partial charge is 0.326 e. The Morgan fingerprint density at radius 3 is 1.41 bits per heavy atom. The van der Waals surface area contributed by atoms with Crippen LogP contribution in [-0.4, -0.2) is 8.07 Å². The summed E-state index contributed by atoms with van der Waals surface area (Å²) >= 11 is 0. The maximum absolute atomic E-state index is 6.11. The van der Waals surface area contributed by atoms with E-state index in [1.54, 1.807) is 0 Å². The summed E-state index contributed by atoms with van der Waals surface area (Å²) in [6.07, 6.45) is 7.26. The van der Waals surface area contributed by atoms with Crippen molar-refractivity contribution >= 4 is 8.07 Å². The van der Waals surface area contributed by atoms with Gasteiger partial charge in [-0.3, -0.25) is 0 Å². The van der Waals surface area contributed by atoms with E-state index in [0.717, 1.165) is 16.7 Å². The van der Waals surface area contributed by atoms with E-state index in [9.17, 15) is 0 Å². The van der Waals surface area contributed by atoms with E-state index in [1.807, 2.05) is 0 Å². The minimum absolute atomic E-state index is 0.481. The van der Waals surface area contributed by atoms with Crippen molar-refractivity contribution in [2.45, 2.75) is 50.2 Å². The van der Waals surface area contributed by atoms with Crippen LogP contribution in [0, 0.1) is 0 Å². The lowest BCUT2D eigenvalue weighted by Gasteiger charge is -2.38. The SMILES string of the molecule is C[Si](C)(C)C1C=CC(C(c2cccc(CN)c2)(c2cccc(CN)c2)c2cccc(CN)c2)=C1. The van der Waals surface area contributed by atoms with E-state index in [0.29, 0.717) is 25.2 Å². The first-order valence-corrected chi connectivity index (χ1v) is 15.7. The molecule has 0 radical (unpaired) electrons. The molecule has 0 heterocycles. The Hall–Kier alpha value is -2.76. The Balaban J connectivity index is 2.12. The number of nitrogens with two attached hydrogens (primary N) is 3. The molecule has 4 heteroatoms. The van der Waals surface area contributed by atoms with Gasteiger partial charge in [-0.05, 0) is 44.5 Å². The molecule has 3 aromatic carbocycles. The Morgan fingerprint density at radius 1 is 0.676 bits per heavy atom. The molecule has 0 saturated carbocycles. The van der Waals surface area contributed by atoms with Gasteiger partial charge in [-0.15, -0.1) is 0 Å². The Labute approximate surface area is 205 Å². The topological polar surface area (TPSA) is 78.1 Å². The van der Waals surface area contributed by atoms with Crippen molar-refractivity contribution < 1.29 is 0 Å². The molecule has 1 aliphatic carbocycles. The zero-order valence-electron chi connectivity index (χ0n) is 20.6. The summed E-state index contributed by atoms with van der Waals surface area (Å²) in [4.78, 5) is 0. The first kappa shape index (κ1) is 24.4. The van der Waals surface area contributed by atoms with Crippen LogP contribution in [0.25, 0.3) is 0 Å². The molecule has 3 aromatic rings. The molecule has 0 aromatic heterocycles. The summed E-state index contributed by atoms with van der Waals surface area (Å²) < 4.78 is 0. The maximum atomic E-state index is 6.11. The smallest absolute Gasteiger partial charge is 0.0698 e. The number of hydrogen-bond donors (Lipinski definition) is 3. The fraction of sp³-hybridized carbons (Fsp3) is 0.267. The summed E-state index contributed by atoms with van der Waals surface area (Å²) in [6.45, 7) is 8.80. The average Bonchev–Trinajstić information content (AvgIpc) is 3.36. The summed E-state index contributed by atoms with van der Waals surface area (Å²) in [5.74, 6) is 0. The van der Waals surface area contributed by atoms with Crippen molar-refractivity contribution in [2.75, 3.05) is 0 Å². The normalized spacial score (nSPS) is 16.1. The molecule has 176 valence electrons. The predicted octanol–water partition coefficient (Wildman–Crippen LogP) is 5.60. The highest BCUT2D eigenvalue weighted by Gasteiger charge is 2.42. The van der Waals surface area contributed by atoms with Gasteiger partial charge in [0, 0.05) is 19.6 Å². The van der Waals surface area contributed by atoms with Crippen LogP contribution < -0.4 is 17.2 Å². The van der Waals surface area contributed by atoms with Crippen LogP contribution in [0.5, 0.6) is 0 Å². The zero-order chi connectivity index (χ0) is 24.3. The van der Waals surface area contributed by atoms with E-state index in [4.69, 9.17) is 17.2 Å². The Bertz CT molecular complexity index is 1100. The zero-order valence-corrected chi connectivity index (χ0v) is 21.6. The summed E-state index contributed by atoms with van der Waals surface area (Å²) in [5, 5.41) is 0. The first-order chi connectivity index (χ1) is 16.3. The van der Waals surface area contributed by atoms with Crippen molar-refractivity contribution in [3.8, 4) is 0 Å². The van der Waals surface area contributed by atoms with Gasteiger partial charge in [-0.25, -0.2) is 0 Å². The molecule has 1 aliphatic rings. The first-order valence-electron chi connectivity index (χ1n) is 12.1. The molecular weight excluding hydrogens is 430 g/mol. The molecule has 0 amide bonds. The minimum atomic E-state index is -1.42. The molecule has 4 rings (SSSR count). The second kappa shape index (κ2) is 9.85. The molecular formula is C30H37N3Si. The molecule has 0 aliphatic heterocycles. The highest BCUT2D eigenvalue weighted by atomic mass is 28.3. The fourth-order valence-electron chi connectivity index (χ4n) is 5.10. The van der Waals surface area contributed by atoms with E-state index in [1.165, 1.54) is 22.3 Å². The van der Waals surface area contributed by atoms with Gasteiger partial charge >= 0.3 is 0 Å².